The molecule has 0 aliphatic carbocycles. The fraction of sp³-hybridized carbons (Fsp3) is 0.280. The molecule has 1 fully saturated rings. The molecule has 0 saturated carbocycles. The van der Waals surface area contributed by atoms with E-state index in [0.29, 0.717) is 21.3 Å². The highest BCUT2D eigenvalue weighted by Crippen LogP contribution is 2.37. The van der Waals surface area contributed by atoms with Crippen molar-refractivity contribution in [2.75, 3.05) is 48.4 Å². The first-order chi connectivity index (χ1) is 17.0. The zero-order valence-electron chi connectivity index (χ0n) is 19.7. The summed E-state index contributed by atoms with van der Waals surface area (Å²) in [6, 6.07) is 9.48. The summed E-state index contributed by atoms with van der Waals surface area (Å²) in [5.41, 5.74) is 2.30. The van der Waals surface area contributed by atoms with Crippen LogP contribution < -0.4 is 19.9 Å². The predicted molar refractivity (Wildman–Crippen MR) is 142 cm³/mol. The molecule has 5 rings (SSSR count). The molecule has 0 radical (unpaired) electrons. The molecule has 4 aromatic rings. The Morgan fingerprint density at radius 1 is 1.09 bits per heavy atom. The summed E-state index contributed by atoms with van der Waals surface area (Å²) in [5.74, 6) is 2.15. The Hall–Kier alpha value is -3.43. The van der Waals surface area contributed by atoms with Crippen molar-refractivity contribution in [3.63, 3.8) is 0 Å². The number of ether oxygens (including phenoxy) is 1. The summed E-state index contributed by atoms with van der Waals surface area (Å²) in [6.07, 6.45) is 3.39. The third-order valence-electron chi connectivity index (χ3n) is 6.19. The molecule has 3 aromatic heterocycles. The van der Waals surface area contributed by atoms with E-state index in [2.05, 4.69) is 30.1 Å². The molecule has 0 atom stereocenters. The summed E-state index contributed by atoms with van der Waals surface area (Å²) in [6.45, 7) is 7.14. The van der Waals surface area contributed by atoms with Crippen LogP contribution in [0.2, 0.25) is 5.02 Å². The molecule has 1 aliphatic rings. The van der Waals surface area contributed by atoms with Crippen molar-refractivity contribution >= 4 is 56.4 Å². The molecule has 0 bridgehead atoms. The second-order valence-corrected chi connectivity index (χ2v) is 9.76. The maximum absolute atomic E-state index is 13.3. The van der Waals surface area contributed by atoms with Crippen LogP contribution in [0.5, 0.6) is 5.75 Å². The lowest BCUT2D eigenvalue weighted by molar-refractivity contribution is 0.102. The van der Waals surface area contributed by atoms with E-state index in [0.717, 1.165) is 59.2 Å². The van der Waals surface area contributed by atoms with E-state index < -0.39 is 0 Å². The highest BCUT2D eigenvalue weighted by Gasteiger charge is 2.25. The fourth-order valence-corrected chi connectivity index (χ4v) is 5.50. The third kappa shape index (κ3) is 4.49. The van der Waals surface area contributed by atoms with E-state index in [1.165, 1.54) is 11.3 Å². The number of hydrogen-bond donors (Lipinski definition) is 1. The minimum atomic E-state index is -0.212. The molecule has 10 heteroatoms. The van der Waals surface area contributed by atoms with Crippen molar-refractivity contribution < 1.29 is 9.53 Å². The van der Waals surface area contributed by atoms with Crippen LogP contribution in [0.4, 0.5) is 17.3 Å². The topological polar surface area (TPSA) is 83.5 Å². The molecule has 8 nitrogen and oxygen atoms in total. The number of benzene rings is 1. The van der Waals surface area contributed by atoms with Crippen LogP contribution in [-0.4, -0.2) is 54.1 Å². The molecule has 35 heavy (non-hydrogen) atoms. The molecule has 0 unspecified atom stereocenters. The second kappa shape index (κ2) is 9.67. The van der Waals surface area contributed by atoms with E-state index in [-0.39, 0.29) is 5.91 Å². The number of nitrogens with one attached hydrogen (secondary N) is 1. The van der Waals surface area contributed by atoms with Gasteiger partial charge in [-0.2, -0.15) is 0 Å². The smallest absolute Gasteiger partial charge is 0.266 e. The van der Waals surface area contributed by atoms with Gasteiger partial charge in [0.2, 0.25) is 0 Å². The van der Waals surface area contributed by atoms with Crippen LogP contribution in [0.15, 0.2) is 42.9 Å². The van der Waals surface area contributed by atoms with Crippen LogP contribution in [0.1, 0.15) is 20.8 Å². The number of fused-ring (bicyclic) bond motifs is 1. The number of anilines is 3. The molecule has 1 saturated heterocycles. The number of halogens is 1. The van der Waals surface area contributed by atoms with Crippen LogP contribution in [0.3, 0.4) is 0 Å². The number of carbonyl (C=O) groups is 1. The van der Waals surface area contributed by atoms with Crippen LogP contribution >= 0.6 is 22.9 Å². The molecule has 1 aromatic carbocycles. The number of carbonyl (C=O) groups excluding carboxylic acids is 1. The SMILES string of the molecule is COc1cc(Cl)c(C)cc1NC(=O)c1sc2ncnc(N3CCN(c4ccccn4)CC3)c2c1C. The number of thiophene rings is 1. The Bertz CT molecular complexity index is 1390. The number of hydrogen-bond acceptors (Lipinski definition) is 8. The number of piperazine rings is 1. The van der Waals surface area contributed by atoms with Gasteiger partial charge in [-0.15, -0.1) is 11.3 Å². The standard InChI is InChI=1S/C25H25ClN6O2S/c1-15-12-18(19(34-3)13-17(15)26)30-24(33)22-16(2)21-23(28-14-29-25(21)35-22)32-10-8-31(9-11-32)20-6-4-5-7-27-20/h4-7,12-14H,8-11H2,1-3H3,(H,30,33). The molecular formula is C25H25ClN6O2S. The summed E-state index contributed by atoms with van der Waals surface area (Å²) in [7, 11) is 1.55. The number of nitrogens with zero attached hydrogens (tertiary/aromatic N) is 5. The van der Waals surface area contributed by atoms with E-state index in [4.69, 9.17) is 16.3 Å². The Kier molecular flexibility index (Phi) is 6.44. The van der Waals surface area contributed by atoms with Gasteiger partial charge in [-0.25, -0.2) is 15.0 Å². The molecule has 0 spiro atoms. The van der Waals surface area contributed by atoms with Crippen molar-refractivity contribution in [1.29, 1.82) is 0 Å². The summed E-state index contributed by atoms with van der Waals surface area (Å²) < 4.78 is 5.41. The number of rotatable bonds is 5. The maximum Gasteiger partial charge on any atom is 0.266 e. The Morgan fingerprint density at radius 2 is 1.86 bits per heavy atom. The monoisotopic (exact) mass is 508 g/mol. The average molecular weight is 509 g/mol. The molecule has 1 amide bonds. The van der Waals surface area contributed by atoms with E-state index in [1.54, 1.807) is 19.5 Å². The lowest BCUT2D eigenvalue weighted by Gasteiger charge is -2.36. The quantitative estimate of drug-likeness (QED) is 0.408. The first-order valence-electron chi connectivity index (χ1n) is 11.3. The number of aromatic nitrogens is 3. The minimum Gasteiger partial charge on any atom is -0.495 e. The Morgan fingerprint density at radius 3 is 2.57 bits per heavy atom. The zero-order valence-corrected chi connectivity index (χ0v) is 21.3. The van der Waals surface area contributed by atoms with Crippen molar-refractivity contribution in [3.8, 4) is 5.75 Å². The van der Waals surface area contributed by atoms with Gasteiger partial charge in [0.1, 0.15) is 28.5 Å². The lowest BCUT2D eigenvalue weighted by atomic mass is 10.1. The first kappa shape index (κ1) is 23.3. The summed E-state index contributed by atoms with van der Waals surface area (Å²) in [5, 5.41) is 4.49. The van der Waals surface area contributed by atoms with Gasteiger partial charge < -0.3 is 19.9 Å². The number of methoxy groups -OCH3 is 1. The van der Waals surface area contributed by atoms with Crippen LogP contribution in [0, 0.1) is 13.8 Å². The van der Waals surface area contributed by atoms with Crippen molar-refractivity contribution in [3.05, 3.63) is 63.9 Å². The van der Waals surface area contributed by atoms with Gasteiger partial charge >= 0.3 is 0 Å². The van der Waals surface area contributed by atoms with Crippen molar-refractivity contribution in [2.24, 2.45) is 0 Å². The van der Waals surface area contributed by atoms with Gasteiger partial charge in [-0.3, -0.25) is 4.79 Å². The average Bonchev–Trinajstić information content (AvgIpc) is 3.23. The van der Waals surface area contributed by atoms with Crippen molar-refractivity contribution in [2.45, 2.75) is 13.8 Å². The van der Waals surface area contributed by atoms with E-state index in [1.807, 2.05) is 44.3 Å². The van der Waals surface area contributed by atoms with Gasteiger partial charge in [0, 0.05) is 43.5 Å². The maximum atomic E-state index is 13.3. The normalized spacial score (nSPS) is 13.8. The predicted octanol–water partition coefficient (Wildman–Crippen LogP) is 4.94. The van der Waals surface area contributed by atoms with Gasteiger partial charge in [-0.1, -0.05) is 17.7 Å². The van der Waals surface area contributed by atoms with E-state index in [9.17, 15) is 4.79 Å². The molecule has 180 valence electrons. The first-order valence-corrected chi connectivity index (χ1v) is 12.5. The Balaban J connectivity index is 1.41. The van der Waals surface area contributed by atoms with Crippen LogP contribution in [0.25, 0.3) is 10.2 Å². The zero-order chi connectivity index (χ0) is 24.5. The van der Waals surface area contributed by atoms with Gasteiger partial charge in [-0.05, 0) is 43.2 Å². The van der Waals surface area contributed by atoms with Crippen LogP contribution in [-0.2, 0) is 0 Å². The largest absolute Gasteiger partial charge is 0.495 e. The minimum absolute atomic E-state index is 0.212. The molecule has 1 N–H and O–H groups in total. The molecule has 4 heterocycles. The summed E-state index contributed by atoms with van der Waals surface area (Å²) >= 11 is 7.59. The van der Waals surface area contributed by atoms with Gasteiger partial charge in [0.05, 0.1) is 23.1 Å². The number of aryl methyl sites for hydroxylation is 2. The van der Waals surface area contributed by atoms with Crippen molar-refractivity contribution in [1.82, 2.24) is 15.0 Å². The lowest BCUT2D eigenvalue weighted by Crippen LogP contribution is -2.47. The molecule has 1 aliphatic heterocycles. The highest BCUT2D eigenvalue weighted by atomic mass is 35.5. The van der Waals surface area contributed by atoms with E-state index >= 15 is 0 Å². The highest BCUT2D eigenvalue weighted by molar-refractivity contribution is 7.20. The Labute approximate surface area is 212 Å². The number of amides is 1. The number of pyridine rings is 1. The third-order valence-corrected chi connectivity index (χ3v) is 7.80. The van der Waals surface area contributed by atoms with Gasteiger partial charge in [0.15, 0.2) is 0 Å². The fourth-order valence-electron chi connectivity index (χ4n) is 4.31. The second-order valence-electron chi connectivity index (χ2n) is 8.35. The summed E-state index contributed by atoms with van der Waals surface area (Å²) in [4.78, 5) is 32.8. The molecular weight excluding hydrogens is 484 g/mol. The van der Waals surface area contributed by atoms with Gasteiger partial charge in [0.25, 0.3) is 5.91 Å².